The van der Waals surface area contributed by atoms with Crippen molar-refractivity contribution in [3.8, 4) is 0 Å². The van der Waals surface area contributed by atoms with Gasteiger partial charge in [0.15, 0.2) is 5.60 Å². The fourth-order valence-electron chi connectivity index (χ4n) is 2.44. The normalized spacial score (nSPS) is 16.7. The lowest BCUT2D eigenvalue weighted by molar-refractivity contribution is -0.263. The maximum Gasteiger partial charge on any atom is 0.416 e. The number of halogens is 3. The van der Waals surface area contributed by atoms with Crippen LogP contribution in [-0.2, 0) is 0 Å². The van der Waals surface area contributed by atoms with E-state index in [1.54, 1.807) is 0 Å². The minimum Gasteiger partial charge on any atom is -0.381 e. The van der Waals surface area contributed by atoms with Crippen molar-refractivity contribution in [3.63, 3.8) is 0 Å². The molecule has 0 aromatic carbocycles. The van der Waals surface area contributed by atoms with Gasteiger partial charge in [0, 0.05) is 0 Å². The third-order valence-corrected chi connectivity index (χ3v) is 3.65. The Hall–Kier alpha value is -0.250. The molecule has 18 heavy (non-hydrogen) atoms. The zero-order valence-corrected chi connectivity index (χ0v) is 12.0. The van der Waals surface area contributed by atoms with E-state index in [9.17, 15) is 18.3 Å². The molecule has 0 aromatic rings. The molecule has 0 heterocycles. The summed E-state index contributed by atoms with van der Waals surface area (Å²) in [5.74, 6) is 0. The van der Waals surface area contributed by atoms with Crippen molar-refractivity contribution >= 4 is 0 Å². The largest absolute Gasteiger partial charge is 0.416 e. The number of unbranched alkanes of at least 4 members (excludes halogenated alkanes) is 2. The first-order valence-electron chi connectivity index (χ1n) is 6.87. The molecule has 110 valence electrons. The Bertz CT molecular complexity index is 226. The van der Waals surface area contributed by atoms with Crippen LogP contribution >= 0.6 is 0 Å². The number of aliphatic hydroxyl groups is 1. The summed E-state index contributed by atoms with van der Waals surface area (Å²) >= 11 is 0. The van der Waals surface area contributed by atoms with Crippen LogP contribution < -0.4 is 0 Å². The monoisotopic (exact) mass is 268 g/mol. The van der Waals surface area contributed by atoms with Crippen LogP contribution in [0.2, 0.25) is 0 Å². The molecular weight excluding hydrogens is 241 g/mol. The summed E-state index contributed by atoms with van der Waals surface area (Å²) in [7, 11) is 0. The lowest BCUT2D eigenvalue weighted by atomic mass is 9.72. The third kappa shape index (κ3) is 5.59. The van der Waals surface area contributed by atoms with Crippen LogP contribution in [0.15, 0.2) is 0 Å². The molecule has 0 saturated carbocycles. The molecule has 0 bridgehead atoms. The van der Waals surface area contributed by atoms with E-state index in [2.05, 4.69) is 0 Å². The second-order valence-electron chi connectivity index (χ2n) is 5.97. The summed E-state index contributed by atoms with van der Waals surface area (Å²) in [5, 5.41) is 9.66. The Labute approximate surface area is 109 Å². The lowest BCUT2D eigenvalue weighted by Crippen LogP contribution is -2.46. The highest BCUT2D eigenvalue weighted by atomic mass is 19.4. The van der Waals surface area contributed by atoms with Crippen LogP contribution in [0.5, 0.6) is 0 Å². The molecule has 0 aliphatic rings. The number of hydrogen-bond donors (Lipinski definition) is 1. The summed E-state index contributed by atoms with van der Waals surface area (Å²) in [6.07, 6.45) is 0.496. The van der Waals surface area contributed by atoms with Gasteiger partial charge < -0.3 is 5.11 Å². The van der Waals surface area contributed by atoms with Crippen LogP contribution in [0.4, 0.5) is 13.2 Å². The second-order valence-corrected chi connectivity index (χ2v) is 5.97. The van der Waals surface area contributed by atoms with Crippen LogP contribution in [0, 0.1) is 5.41 Å². The molecule has 0 aromatic heterocycles. The first-order valence-corrected chi connectivity index (χ1v) is 6.87. The summed E-state index contributed by atoms with van der Waals surface area (Å²) in [5.41, 5.74) is -3.01. The summed E-state index contributed by atoms with van der Waals surface area (Å²) in [4.78, 5) is 0. The topological polar surface area (TPSA) is 20.2 Å². The van der Waals surface area contributed by atoms with Crippen molar-refractivity contribution in [1.29, 1.82) is 0 Å². The maximum atomic E-state index is 12.8. The van der Waals surface area contributed by atoms with E-state index in [4.69, 9.17) is 0 Å². The molecule has 0 rings (SSSR count). The minimum atomic E-state index is -4.55. The van der Waals surface area contributed by atoms with Crippen molar-refractivity contribution in [2.45, 2.75) is 84.4 Å². The fraction of sp³-hybridized carbons (Fsp3) is 1.00. The van der Waals surface area contributed by atoms with Crippen LogP contribution in [0.25, 0.3) is 0 Å². The lowest BCUT2D eigenvalue weighted by Gasteiger charge is -2.38. The molecule has 0 aliphatic carbocycles. The first kappa shape index (κ1) is 17.8. The van der Waals surface area contributed by atoms with E-state index in [1.165, 1.54) is 0 Å². The molecule has 0 amide bonds. The Morgan fingerprint density at radius 2 is 1.28 bits per heavy atom. The van der Waals surface area contributed by atoms with E-state index in [-0.39, 0.29) is 6.42 Å². The molecule has 1 unspecified atom stereocenters. The zero-order chi connectivity index (χ0) is 14.4. The SMILES string of the molecule is CCCCC(C)(CCCC)CC(C)(O)C(F)(F)F. The van der Waals surface area contributed by atoms with Crippen LogP contribution in [0.1, 0.15) is 72.6 Å². The maximum absolute atomic E-state index is 12.8. The van der Waals surface area contributed by atoms with Gasteiger partial charge in [-0.05, 0) is 31.6 Å². The van der Waals surface area contributed by atoms with Gasteiger partial charge in [0.25, 0.3) is 0 Å². The molecule has 4 heteroatoms. The highest BCUT2D eigenvalue weighted by Crippen LogP contribution is 2.44. The average Bonchev–Trinajstić information content (AvgIpc) is 2.21. The van der Waals surface area contributed by atoms with E-state index in [1.807, 2.05) is 20.8 Å². The molecule has 1 atom stereocenters. The van der Waals surface area contributed by atoms with Gasteiger partial charge in [0.2, 0.25) is 0 Å². The molecule has 1 nitrogen and oxygen atoms in total. The van der Waals surface area contributed by atoms with E-state index in [0.29, 0.717) is 0 Å². The number of alkyl halides is 3. The number of rotatable bonds is 8. The minimum absolute atomic E-state index is 0.205. The van der Waals surface area contributed by atoms with Crippen LogP contribution in [-0.4, -0.2) is 16.9 Å². The number of hydrogen-bond acceptors (Lipinski definition) is 1. The molecule has 0 radical (unpaired) electrons. The fourth-order valence-corrected chi connectivity index (χ4v) is 2.44. The van der Waals surface area contributed by atoms with Gasteiger partial charge in [-0.1, -0.05) is 46.5 Å². The molecule has 0 aliphatic heterocycles. The van der Waals surface area contributed by atoms with E-state index >= 15 is 0 Å². The second kappa shape index (κ2) is 6.78. The average molecular weight is 268 g/mol. The van der Waals surface area contributed by atoms with Crippen molar-refractivity contribution in [2.75, 3.05) is 0 Å². The highest BCUT2D eigenvalue weighted by molar-refractivity contribution is 4.89. The quantitative estimate of drug-likeness (QED) is 0.651. The van der Waals surface area contributed by atoms with Gasteiger partial charge >= 0.3 is 6.18 Å². The Balaban J connectivity index is 4.76. The van der Waals surface area contributed by atoms with Gasteiger partial charge in [0.1, 0.15) is 0 Å². The Kier molecular flexibility index (Phi) is 6.69. The standard InChI is InChI=1S/C14H27F3O/c1-5-7-9-12(3,10-8-6-2)11-13(4,18)14(15,16)17/h18H,5-11H2,1-4H3. The van der Waals surface area contributed by atoms with E-state index in [0.717, 1.165) is 45.4 Å². The van der Waals surface area contributed by atoms with Crippen molar-refractivity contribution in [1.82, 2.24) is 0 Å². The molecule has 1 N–H and O–H groups in total. The van der Waals surface area contributed by atoms with Crippen LogP contribution in [0.3, 0.4) is 0 Å². The molecular formula is C14H27F3O. The van der Waals surface area contributed by atoms with Crippen molar-refractivity contribution in [3.05, 3.63) is 0 Å². The third-order valence-electron chi connectivity index (χ3n) is 3.65. The molecule has 0 fully saturated rings. The van der Waals surface area contributed by atoms with Gasteiger partial charge in [-0.2, -0.15) is 13.2 Å². The van der Waals surface area contributed by atoms with Gasteiger partial charge in [-0.3, -0.25) is 0 Å². The van der Waals surface area contributed by atoms with Gasteiger partial charge in [-0.25, -0.2) is 0 Å². The smallest absolute Gasteiger partial charge is 0.381 e. The molecule has 0 spiro atoms. The zero-order valence-electron chi connectivity index (χ0n) is 12.0. The first-order chi connectivity index (χ1) is 8.08. The van der Waals surface area contributed by atoms with Gasteiger partial charge in [0.05, 0.1) is 0 Å². The van der Waals surface area contributed by atoms with Crippen molar-refractivity contribution in [2.24, 2.45) is 5.41 Å². The predicted octanol–water partition coefficient (Wildman–Crippen LogP) is 5.08. The summed E-state index contributed by atoms with van der Waals surface area (Å²) in [6.45, 7) is 6.83. The summed E-state index contributed by atoms with van der Waals surface area (Å²) < 4.78 is 38.3. The molecule has 0 saturated heterocycles. The Morgan fingerprint density at radius 3 is 1.56 bits per heavy atom. The van der Waals surface area contributed by atoms with Gasteiger partial charge in [-0.15, -0.1) is 0 Å². The van der Waals surface area contributed by atoms with Crippen molar-refractivity contribution < 1.29 is 18.3 Å². The summed E-state index contributed by atoms with van der Waals surface area (Å²) in [6, 6.07) is 0. The highest BCUT2D eigenvalue weighted by Gasteiger charge is 2.52. The van der Waals surface area contributed by atoms with E-state index < -0.39 is 17.2 Å². The predicted molar refractivity (Wildman–Crippen MR) is 68.5 cm³/mol. The Morgan fingerprint density at radius 1 is 0.889 bits per heavy atom.